The molecular weight excluding hydrogens is 366 g/mol. The predicted molar refractivity (Wildman–Crippen MR) is 90.2 cm³/mol. The van der Waals surface area contributed by atoms with Gasteiger partial charge in [0.05, 0.1) is 17.7 Å². The first-order valence-corrected chi connectivity index (χ1v) is 7.76. The van der Waals surface area contributed by atoms with Crippen molar-refractivity contribution >= 4 is 23.5 Å². The minimum absolute atomic E-state index is 0.0724. The highest BCUT2D eigenvalue weighted by molar-refractivity contribution is 6.32. The number of nitrogens with two attached hydrogens (primary N) is 1. The molecule has 2 N–H and O–H groups in total. The quantitative estimate of drug-likeness (QED) is 0.605. The summed E-state index contributed by atoms with van der Waals surface area (Å²) in [7, 11) is 1.37. The summed E-state index contributed by atoms with van der Waals surface area (Å²) in [5.41, 5.74) is 5.18. The fourth-order valence-corrected chi connectivity index (χ4v) is 2.49. The average molecular weight is 380 g/mol. The summed E-state index contributed by atoms with van der Waals surface area (Å²) in [6, 6.07) is 7.49. The maximum Gasteiger partial charge on any atom is 0.343 e. The van der Waals surface area contributed by atoms with Gasteiger partial charge >= 0.3 is 5.97 Å². The number of hydrogen-bond donors (Lipinski definition) is 1. The van der Waals surface area contributed by atoms with Crippen LogP contribution >= 0.6 is 11.6 Å². The van der Waals surface area contributed by atoms with E-state index in [-0.39, 0.29) is 41.2 Å². The highest BCUT2D eigenvalue weighted by Crippen LogP contribution is 2.38. The molecule has 1 aliphatic heterocycles. The van der Waals surface area contributed by atoms with Gasteiger partial charge in [0.25, 0.3) is 5.91 Å². The van der Waals surface area contributed by atoms with Crippen LogP contribution in [0.3, 0.4) is 0 Å². The van der Waals surface area contributed by atoms with E-state index in [1.807, 2.05) is 0 Å². The molecule has 0 bridgehead atoms. The summed E-state index contributed by atoms with van der Waals surface area (Å²) < 4.78 is 26.1. The Bertz CT molecular complexity index is 868. The summed E-state index contributed by atoms with van der Waals surface area (Å²) in [6.45, 7) is -0.261. The molecule has 9 heteroatoms. The van der Waals surface area contributed by atoms with Gasteiger partial charge in [-0.1, -0.05) is 11.6 Å². The van der Waals surface area contributed by atoms with Gasteiger partial charge in [0, 0.05) is 6.07 Å². The molecule has 26 heavy (non-hydrogen) atoms. The van der Waals surface area contributed by atoms with E-state index in [1.54, 1.807) is 18.2 Å². The lowest BCUT2D eigenvalue weighted by Crippen LogP contribution is -2.20. The molecule has 0 saturated carbocycles. The Balaban J connectivity index is 1.80. The highest BCUT2D eigenvalue weighted by atomic mass is 35.5. The van der Waals surface area contributed by atoms with E-state index in [4.69, 9.17) is 41.0 Å². The number of halogens is 1. The minimum Gasteiger partial charge on any atom is -0.493 e. The molecule has 0 aromatic heterocycles. The zero-order valence-electron chi connectivity index (χ0n) is 13.6. The van der Waals surface area contributed by atoms with Crippen LogP contribution in [0.2, 0.25) is 5.02 Å². The van der Waals surface area contributed by atoms with E-state index < -0.39 is 11.9 Å². The van der Waals surface area contributed by atoms with Gasteiger partial charge in [0.15, 0.2) is 29.6 Å². The second-order valence-electron chi connectivity index (χ2n) is 5.15. The van der Waals surface area contributed by atoms with Crippen LogP contribution in [0.4, 0.5) is 0 Å². The smallest absolute Gasteiger partial charge is 0.343 e. The number of primary amides is 1. The van der Waals surface area contributed by atoms with Gasteiger partial charge in [0.2, 0.25) is 6.79 Å². The van der Waals surface area contributed by atoms with Crippen LogP contribution in [0.1, 0.15) is 10.4 Å². The number of ether oxygens (including phenoxy) is 5. The van der Waals surface area contributed by atoms with Gasteiger partial charge in [-0.25, -0.2) is 4.79 Å². The number of methoxy groups -OCH3 is 1. The monoisotopic (exact) mass is 379 g/mol. The number of hydrogen-bond acceptors (Lipinski definition) is 7. The van der Waals surface area contributed by atoms with Gasteiger partial charge in [-0.2, -0.15) is 0 Å². The van der Waals surface area contributed by atoms with E-state index in [1.165, 1.54) is 19.2 Å². The van der Waals surface area contributed by atoms with Gasteiger partial charge in [0.1, 0.15) is 5.75 Å². The third-order valence-corrected chi connectivity index (χ3v) is 3.66. The third kappa shape index (κ3) is 3.75. The summed E-state index contributed by atoms with van der Waals surface area (Å²) >= 11 is 6.12. The molecule has 0 saturated heterocycles. The molecule has 0 unspecified atom stereocenters. The maximum absolute atomic E-state index is 12.4. The molecule has 0 radical (unpaired) electrons. The van der Waals surface area contributed by atoms with E-state index in [0.29, 0.717) is 11.5 Å². The number of carbonyl (C=O) groups is 2. The maximum atomic E-state index is 12.4. The zero-order chi connectivity index (χ0) is 18.7. The first-order chi connectivity index (χ1) is 12.5. The van der Waals surface area contributed by atoms with E-state index in [2.05, 4.69) is 0 Å². The summed E-state index contributed by atoms with van der Waals surface area (Å²) in [4.78, 5) is 23.3. The van der Waals surface area contributed by atoms with Crippen molar-refractivity contribution in [1.29, 1.82) is 0 Å². The fourth-order valence-electron chi connectivity index (χ4n) is 2.23. The molecule has 0 atom stereocenters. The molecule has 136 valence electrons. The van der Waals surface area contributed by atoms with Crippen LogP contribution in [-0.2, 0) is 4.79 Å². The Labute approximate surface area is 153 Å². The van der Waals surface area contributed by atoms with Crippen LogP contribution in [0.15, 0.2) is 30.3 Å². The first-order valence-electron chi connectivity index (χ1n) is 7.38. The third-order valence-electron chi connectivity index (χ3n) is 3.38. The molecule has 0 fully saturated rings. The molecule has 1 amide bonds. The molecule has 1 aliphatic rings. The van der Waals surface area contributed by atoms with Crippen molar-refractivity contribution in [3.63, 3.8) is 0 Å². The van der Waals surface area contributed by atoms with Crippen LogP contribution in [0.25, 0.3) is 0 Å². The van der Waals surface area contributed by atoms with Gasteiger partial charge in [-0.15, -0.1) is 0 Å². The fraction of sp³-hybridized carbons (Fsp3) is 0.176. The Hall–Kier alpha value is -3.13. The Morgan fingerprint density at radius 2 is 1.96 bits per heavy atom. The van der Waals surface area contributed by atoms with Crippen LogP contribution in [-0.4, -0.2) is 32.4 Å². The molecule has 1 heterocycles. The van der Waals surface area contributed by atoms with Crippen LogP contribution in [0, 0.1) is 0 Å². The number of carbonyl (C=O) groups excluding carboxylic acids is 2. The second kappa shape index (κ2) is 7.40. The average Bonchev–Trinajstić information content (AvgIpc) is 3.07. The van der Waals surface area contributed by atoms with Crippen molar-refractivity contribution in [1.82, 2.24) is 0 Å². The van der Waals surface area contributed by atoms with Crippen LogP contribution < -0.4 is 29.4 Å². The Morgan fingerprint density at radius 3 is 2.69 bits per heavy atom. The molecule has 3 rings (SSSR count). The lowest BCUT2D eigenvalue weighted by molar-refractivity contribution is -0.119. The second-order valence-corrected chi connectivity index (χ2v) is 5.56. The molecule has 2 aromatic rings. The van der Waals surface area contributed by atoms with E-state index >= 15 is 0 Å². The van der Waals surface area contributed by atoms with Crippen molar-refractivity contribution in [3.05, 3.63) is 40.9 Å². The summed E-state index contributed by atoms with van der Waals surface area (Å²) in [5.74, 6) is 0.277. The summed E-state index contributed by atoms with van der Waals surface area (Å²) in [5, 5.41) is 0.0724. The van der Waals surface area contributed by atoms with Gasteiger partial charge < -0.3 is 29.4 Å². The first kappa shape index (κ1) is 17.7. The Morgan fingerprint density at radius 1 is 1.19 bits per heavy atom. The number of rotatable bonds is 6. The normalized spacial score (nSPS) is 11.8. The van der Waals surface area contributed by atoms with E-state index in [9.17, 15) is 9.59 Å². The standard InChI is InChI=1S/C17H14ClNO7/c1-22-14-5-9(4-11(18)16(14)23-7-15(19)20)17(21)26-10-2-3-12-13(6-10)25-8-24-12/h2-6H,7-8H2,1H3,(H2,19,20). The SMILES string of the molecule is COc1cc(C(=O)Oc2ccc3c(c2)OCO3)cc(Cl)c1OCC(N)=O. The molecule has 2 aromatic carbocycles. The molecular formula is C17H14ClNO7. The largest absolute Gasteiger partial charge is 0.493 e. The molecule has 0 spiro atoms. The summed E-state index contributed by atoms with van der Waals surface area (Å²) in [6.07, 6.45) is 0. The van der Waals surface area contributed by atoms with E-state index in [0.717, 1.165) is 0 Å². The number of fused-ring (bicyclic) bond motifs is 1. The number of esters is 1. The van der Waals surface area contributed by atoms with Crippen molar-refractivity contribution < 1.29 is 33.3 Å². The van der Waals surface area contributed by atoms with Crippen molar-refractivity contribution in [2.45, 2.75) is 0 Å². The lowest BCUT2D eigenvalue weighted by atomic mass is 10.2. The zero-order valence-corrected chi connectivity index (χ0v) is 14.4. The lowest BCUT2D eigenvalue weighted by Gasteiger charge is -2.13. The molecule has 8 nitrogen and oxygen atoms in total. The number of benzene rings is 2. The topological polar surface area (TPSA) is 106 Å². The Kier molecular flexibility index (Phi) is 5.04. The van der Waals surface area contributed by atoms with Gasteiger partial charge in [-0.3, -0.25) is 4.79 Å². The molecule has 0 aliphatic carbocycles. The minimum atomic E-state index is -0.672. The predicted octanol–water partition coefficient (Wildman–Crippen LogP) is 2.16. The van der Waals surface area contributed by atoms with Crippen molar-refractivity contribution in [3.8, 4) is 28.7 Å². The highest BCUT2D eigenvalue weighted by Gasteiger charge is 2.19. The van der Waals surface area contributed by atoms with Crippen molar-refractivity contribution in [2.24, 2.45) is 5.73 Å². The van der Waals surface area contributed by atoms with Crippen molar-refractivity contribution in [2.75, 3.05) is 20.5 Å². The number of amides is 1. The van der Waals surface area contributed by atoms with Gasteiger partial charge in [-0.05, 0) is 24.3 Å². The van der Waals surface area contributed by atoms with Crippen LogP contribution in [0.5, 0.6) is 28.7 Å².